The summed E-state index contributed by atoms with van der Waals surface area (Å²) in [4.78, 5) is 29.9. The van der Waals surface area contributed by atoms with Crippen LogP contribution in [0.1, 0.15) is 20.7 Å². The van der Waals surface area contributed by atoms with E-state index in [4.69, 9.17) is 0 Å². The van der Waals surface area contributed by atoms with Crippen LogP contribution < -0.4 is 4.90 Å². The Hall–Kier alpha value is -3.28. The van der Waals surface area contributed by atoms with Crippen LogP contribution in [-0.4, -0.2) is 26.6 Å². The van der Waals surface area contributed by atoms with Gasteiger partial charge in [-0.15, -0.1) is 0 Å². The Bertz CT molecular complexity index is 834. The van der Waals surface area contributed by atoms with Crippen molar-refractivity contribution in [2.75, 3.05) is 4.90 Å². The van der Waals surface area contributed by atoms with Gasteiger partial charge in [0.2, 0.25) is 0 Å². The summed E-state index contributed by atoms with van der Waals surface area (Å²) >= 11 is 0. The number of rotatable bonds is 2. The Morgan fingerprint density at radius 2 is 1.36 bits per heavy atom. The average Bonchev–Trinajstić information content (AvgIpc) is 3.17. The highest BCUT2D eigenvalue weighted by Gasteiger charge is 2.36. The maximum Gasteiger partial charge on any atom is 0.266 e. The van der Waals surface area contributed by atoms with E-state index in [1.165, 1.54) is 11.2 Å². The van der Waals surface area contributed by atoms with E-state index in [9.17, 15) is 9.59 Å². The van der Waals surface area contributed by atoms with Crippen LogP contribution in [0.4, 0.5) is 5.69 Å². The minimum atomic E-state index is -0.297. The monoisotopic (exact) mass is 290 g/mol. The van der Waals surface area contributed by atoms with Crippen molar-refractivity contribution in [2.45, 2.75) is 0 Å². The summed E-state index contributed by atoms with van der Waals surface area (Å²) in [7, 11) is 0. The van der Waals surface area contributed by atoms with Crippen molar-refractivity contribution in [3.8, 4) is 5.69 Å². The first-order valence-electron chi connectivity index (χ1n) is 6.68. The predicted octanol–water partition coefficient (Wildman–Crippen LogP) is 2.07. The number of fused-ring (bicyclic) bond motifs is 1. The van der Waals surface area contributed by atoms with Gasteiger partial charge in [0.1, 0.15) is 12.7 Å². The smallest absolute Gasteiger partial charge is 0.266 e. The van der Waals surface area contributed by atoms with E-state index >= 15 is 0 Å². The lowest BCUT2D eigenvalue weighted by molar-refractivity contribution is 0.0926. The Balaban J connectivity index is 1.72. The van der Waals surface area contributed by atoms with E-state index in [0.717, 1.165) is 5.69 Å². The number of hydrogen-bond acceptors (Lipinski definition) is 4. The van der Waals surface area contributed by atoms with Gasteiger partial charge in [0.05, 0.1) is 22.5 Å². The average molecular weight is 290 g/mol. The van der Waals surface area contributed by atoms with E-state index in [0.29, 0.717) is 16.8 Å². The lowest BCUT2D eigenvalue weighted by atomic mass is 10.1. The van der Waals surface area contributed by atoms with E-state index in [-0.39, 0.29) is 11.8 Å². The molecule has 3 aromatic rings. The van der Waals surface area contributed by atoms with E-state index in [1.807, 2.05) is 0 Å². The van der Waals surface area contributed by atoms with E-state index in [1.54, 1.807) is 59.5 Å². The number of carbonyl (C=O) groups excluding carboxylic acids is 2. The topological polar surface area (TPSA) is 68.1 Å². The second kappa shape index (κ2) is 4.63. The predicted molar refractivity (Wildman–Crippen MR) is 78.9 cm³/mol. The second-order valence-corrected chi connectivity index (χ2v) is 4.85. The molecule has 1 aromatic heterocycles. The van der Waals surface area contributed by atoms with Crippen LogP contribution in [0.2, 0.25) is 0 Å². The number of carbonyl (C=O) groups is 2. The molecule has 106 valence electrons. The quantitative estimate of drug-likeness (QED) is 0.678. The summed E-state index contributed by atoms with van der Waals surface area (Å²) in [5.41, 5.74) is 2.22. The number of nitrogens with zero attached hydrogens (tertiary/aromatic N) is 4. The zero-order valence-electron chi connectivity index (χ0n) is 11.4. The van der Waals surface area contributed by atoms with Crippen LogP contribution in [0.5, 0.6) is 0 Å². The molecule has 0 radical (unpaired) electrons. The molecule has 0 atom stereocenters. The number of aromatic nitrogens is 3. The van der Waals surface area contributed by atoms with Gasteiger partial charge in [-0.3, -0.25) is 9.59 Å². The lowest BCUT2D eigenvalue weighted by Crippen LogP contribution is -2.29. The summed E-state index contributed by atoms with van der Waals surface area (Å²) in [5.74, 6) is -0.594. The molecule has 2 amide bonds. The van der Waals surface area contributed by atoms with E-state index in [2.05, 4.69) is 10.1 Å². The summed E-state index contributed by atoms with van der Waals surface area (Å²) in [6.45, 7) is 0. The Morgan fingerprint density at radius 1 is 0.773 bits per heavy atom. The SMILES string of the molecule is O=C1c2ccccc2C(=O)N1c1ccc(-n2cncn2)cc1. The summed E-state index contributed by atoms with van der Waals surface area (Å²) in [6.07, 6.45) is 3.02. The van der Waals surface area contributed by atoms with Gasteiger partial charge in [-0.05, 0) is 36.4 Å². The van der Waals surface area contributed by atoms with Crippen molar-refractivity contribution in [1.82, 2.24) is 14.8 Å². The van der Waals surface area contributed by atoms with Crippen molar-refractivity contribution >= 4 is 17.5 Å². The molecule has 1 aliphatic rings. The molecule has 0 fully saturated rings. The molecule has 0 unspecified atom stereocenters. The standard InChI is InChI=1S/C16H10N4O2/c21-15-13-3-1-2-4-14(13)16(22)20(15)12-7-5-11(6-8-12)19-10-17-9-18-19/h1-10H. The highest BCUT2D eigenvalue weighted by Crippen LogP contribution is 2.28. The number of hydrogen-bond donors (Lipinski definition) is 0. The molecule has 6 heteroatoms. The normalized spacial score (nSPS) is 13.5. The summed E-state index contributed by atoms with van der Waals surface area (Å²) in [5, 5.41) is 4.03. The molecule has 0 spiro atoms. The molecule has 0 bridgehead atoms. The molecule has 0 aliphatic carbocycles. The van der Waals surface area contributed by atoms with Gasteiger partial charge >= 0.3 is 0 Å². The molecule has 4 rings (SSSR count). The van der Waals surface area contributed by atoms with Gasteiger partial charge in [0.15, 0.2) is 0 Å². The Kier molecular flexibility index (Phi) is 2.62. The Morgan fingerprint density at radius 3 is 1.91 bits per heavy atom. The molecule has 2 heterocycles. The molecule has 0 saturated heterocycles. The number of amides is 2. The van der Waals surface area contributed by atoms with Crippen LogP contribution in [0.15, 0.2) is 61.2 Å². The highest BCUT2D eigenvalue weighted by molar-refractivity contribution is 6.34. The molecule has 2 aromatic carbocycles. The third kappa shape index (κ3) is 1.74. The minimum Gasteiger partial charge on any atom is -0.268 e. The van der Waals surface area contributed by atoms with Crippen molar-refractivity contribution in [3.63, 3.8) is 0 Å². The largest absolute Gasteiger partial charge is 0.268 e. The fraction of sp³-hybridized carbons (Fsp3) is 0. The first-order valence-corrected chi connectivity index (χ1v) is 6.68. The van der Waals surface area contributed by atoms with Crippen LogP contribution in [0.3, 0.4) is 0 Å². The zero-order chi connectivity index (χ0) is 15.1. The van der Waals surface area contributed by atoms with Crippen LogP contribution in [-0.2, 0) is 0 Å². The second-order valence-electron chi connectivity index (χ2n) is 4.85. The summed E-state index contributed by atoms with van der Waals surface area (Å²) < 4.78 is 1.60. The van der Waals surface area contributed by atoms with Gasteiger partial charge in [-0.2, -0.15) is 5.10 Å². The minimum absolute atomic E-state index is 0.297. The van der Waals surface area contributed by atoms with Crippen LogP contribution >= 0.6 is 0 Å². The molecule has 0 saturated carbocycles. The van der Waals surface area contributed by atoms with Crippen LogP contribution in [0.25, 0.3) is 5.69 Å². The van der Waals surface area contributed by atoms with E-state index < -0.39 is 0 Å². The van der Waals surface area contributed by atoms with Gasteiger partial charge in [0.25, 0.3) is 11.8 Å². The Labute approximate surface area is 125 Å². The zero-order valence-corrected chi connectivity index (χ0v) is 11.4. The van der Waals surface area contributed by atoms with Crippen molar-refractivity contribution in [3.05, 3.63) is 72.3 Å². The van der Waals surface area contributed by atoms with Gasteiger partial charge in [0, 0.05) is 0 Å². The number of benzene rings is 2. The van der Waals surface area contributed by atoms with Gasteiger partial charge in [-0.1, -0.05) is 12.1 Å². The number of anilines is 1. The van der Waals surface area contributed by atoms with Gasteiger partial charge in [-0.25, -0.2) is 14.6 Å². The third-order valence-electron chi connectivity index (χ3n) is 3.59. The van der Waals surface area contributed by atoms with Gasteiger partial charge < -0.3 is 0 Å². The fourth-order valence-corrected chi connectivity index (χ4v) is 2.52. The fourth-order valence-electron chi connectivity index (χ4n) is 2.52. The molecular weight excluding hydrogens is 280 g/mol. The molecule has 6 nitrogen and oxygen atoms in total. The third-order valence-corrected chi connectivity index (χ3v) is 3.59. The summed E-state index contributed by atoms with van der Waals surface area (Å²) in [6, 6.07) is 13.8. The first kappa shape index (κ1) is 12.5. The van der Waals surface area contributed by atoms with Crippen molar-refractivity contribution < 1.29 is 9.59 Å². The molecule has 22 heavy (non-hydrogen) atoms. The highest BCUT2D eigenvalue weighted by atomic mass is 16.2. The van der Waals surface area contributed by atoms with Crippen molar-refractivity contribution in [1.29, 1.82) is 0 Å². The lowest BCUT2D eigenvalue weighted by Gasteiger charge is -2.14. The first-order chi connectivity index (χ1) is 10.8. The van der Waals surface area contributed by atoms with Crippen molar-refractivity contribution in [2.24, 2.45) is 0 Å². The molecule has 0 N–H and O–H groups in total. The maximum atomic E-state index is 12.4. The van der Waals surface area contributed by atoms with Crippen LogP contribution in [0, 0.1) is 0 Å². The number of imide groups is 1. The molecular formula is C16H10N4O2. The molecule has 1 aliphatic heterocycles. The maximum absolute atomic E-state index is 12.4.